The van der Waals surface area contributed by atoms with Crippen molar-refractivity contribution < 1.29 is 4.39 Å². The molecular formula is C16H23FN2S. The van der Waals surface area contributed by atoms with Crippen LogP contribution >= 0.6 is 12.2 Å². The quantitative estimate of drug-likeness (QED) is 0.862. The molecule has 20 heavy (non-hydrogen) atoms. The molecule has 0 radical (unpaired) electrons. The van der Waals surface area contributed by atoms with Gasteiger partial charge in [-0.2, -0.15) is 0 Å². The monoisotopic (exact) mass is 294 g/mol. The summed E-state index contributed by atoms with van der Waals surface area (Å²) in [6.45, 7) is 3.14. The van der Waals surface area contributed by atoms with E-state index in [1.165, 1.54) is 31.7 Å². The summed E-state index contributed by atoms with van der Waals surface area (Å²) in [6.07, 6.45) is 5.20. The second kappa shape index (κ2) is 6.64. The van der Waals surface area contributed by atoms with E-state index in [-0.39, 0.29) is 10.8 Å². The van der Waals surface area contributed by atoms with E-state index in [1.807, 2.05) is 6.07 Å². The average Bonchev–Trinajstić information content (AvgIpc) is 2.41. The maximum absolute atomic E-state index is 13.6. The second-order valence-corrected chi connectivity index (χ2v) is 6.36. The summed E-state index contributed by atoms with van der Waals surface area (Å²) in [5, 5.41) is 0. The lowest BCUT2D eigenvalue weighted by Crippen LogP contribution is -2.38. The van der Waals surface area contributed by atoms with Crippen molar-refractivity contribution in [2.45, 2.75) is 45.2 Å². The minimum absolute atomic E-state index is 0.123. The van der Waals surface area contributed by atoms with E-state index >= 15 is 0 Å². The van der Waals surface area contributed by atoms with E-state index in [1.54, 1.807) is 6.07 Å². The molecule has 0 aliphatic heterocycles. The van der Waals surface area contributed by atoms with Crippen molar-refractivity contribution >= 4 is 17.2 Å². The van der Waals surface area contributed by atoms with Gasteiger partial charge >= 0.3 is 0 Å². The third-order valence-electron chi connectivity index (χ3n) is 4.36. The van der Waals surface area contributed by atoms with E-state index in [4.69, 9.17) is 18.0 Å². The maximum Gasteiger partial charge on any atom is 0.133 e. The number of benzene rings is 1. The van der Waals surface area contributed by atoms with E-state index in [9.17, 15) is 4.39 Å². The van der Waals surface area contributed by atoms with Gasteiger partial charge in [-0.25, -0.2) is 4.39 Å². The van der Waals surface area contributed by atoms with Gasteiger partial charge in [-0.05, 0) is 43.5 Å². The maximum atomic E-state index is 13.6. The molecule has 2 atom stereocenters. The van der Waals surface area contributed by atoms with Crippen molar-refractivity contribution in [3.8, 4) is 0 Å². The van der Waals surface area contributed by atoms with Crippen LogP contribution in [0.3, 0.4) is 0 Å². The van der Waals surface area contributed by atoms with Gasteiger partial charge < -0.3 is 5.73 Å². The molecule has 1 fully saturated rings. The van der Waals surface area contributed by atoms with Crippen molar-refractivity contribution in [3.63, 3.8) is 0 Å². The van der Waals surface area contributed by atoms with Gasteiger partial charge in [0, 0.05) is 18.2 Å². The molecule has 2 unspecified atom stereocenters. The molecule has 4 heteroatoms. The number of hydrogen-bond donors (Lipinski definition) is 1. The second-order valence-electron chi connectivity index (χ2n) is 5.92. The van der Waals surface area contributed by atoms with Gasteiger partial charge in [0.15, 0.2) is 0 Å². The highest BCUT2D eigenvalue weighted by molar-refractivity contribution is 7.80. The first-order valence-corrected chi connectivity index (χ1v) is 7.68. The molecule has 110 valence electrons. The summed E-state index contributed by atoms with van der Waals surface area (Å²) in [5.41, 5.74) is 6.97. The highest BCUT2D eigenvalue weighted by Crippen LogP contribution is 2.28. The standard InChI is InChI=1S/C16H23FN2S/c1-11-5-3-4-6-15(11)19(2)10-12-7-8-14(17)13(9-12)16(18)20/h7-9,11,15H,3-6,10H2,1-2H3,(H2,18,20). The fraction of sp³-hybridized carbons (Fsp3) is 0.562. The lowest BCUT2D eigenvalue weighted by Gasteiger charge is -2.36. The molecule has 1 aromatic rings. The highest BCUT2D eigenvalue weighted by Gasteiger charge is 2.24. The Hall–Kier alpha value is -1.00. The number of halogens is 1. The number of hydrogen-bond acceptors (Lipinski definition) is 2. The fourth-order valence-electron chi connectivity index (χ4n) is 3.22. The third-order valence-corrected chi connectivity index (χ3v) is 4.58. The zero-order chi connectivity index (χ0) is 14.7. The lowest BCUT2D eigenvalue weighted by molar-refractivity contribution is 0.133. The van der Waals surface area contributed by atoms with Gasteiger partial charge in [0.1, 0.15) is 10.8 Å². The molecule has 0 aromatic heterocycles. The minimum Gasteiger partial charge on any atom is -0.389 e. The molecular weight excluding hydrogens is 271 g/mol. The van der Waals surface area contributed by atoms with Crippen LogP contribution < -0.4 is 5.73 Å². The average molecular weight is 294 g/mol. The van der Waals surface area contributed by atoms with Crippen molar-refractivity contribution in [1.82, 2.24) is 4.90 Å². The molecule has 1 aliphatic rings. The molecule has 2 nitrogen and oxygen atoms in total. The molecule has 0 heterocycles. The molecule has 0 spiro atoms. The molecule has 0 bridgehead atoms. The van der Waals surface area contributed by atoms with Gasteiger partial charge in [-0.1, -0.05) is 38.0 Å². The first-order valence-electron chi connectivity index (χ1n) is 7.27. The Morgan fingerprint density at radius 1 is 1.40 bits per heavy atom. The summed E-state index contributed by atoms with van der Waals surface area (Å²) in [7, 11) is 2.15. The molecule has 1 aromatic carbocycles. The SMILES string of the molecule is CC1CCCCC1N(C)Cc1ccc(F)c(C(N)=S)c1. The topological polar surface area (TPSA) is 29.3 Å². The Labute approximate surface area is 126 Å². The molecule has 1 aliphatic carbocycles. The van der Waals surface area contributed by atoms with E-state index < -0.39 is 0 Å². The third kappa shape index (κ3) is 3.55. The zero-order valence-corrected chi connectivity index (χ0v) is 13.0. The first kappa shape index (κ1) is 15.4. The summed E-state index contributed by atoms with van der Waals surface area (Å²) in [6, 6.07) is 5.67. The van der Waals surface area contributed by atoms with Crippen molar-refractivity contribution in [1.29, 1.82) is 0 Å². The highest BCUT2D eigenvalue weighted by atomic mass is 32.1. The van der Waals surface area contributed by atoms with Gasteiger partial charge in [-0.3, -0.25) is 4.90 Å². The van der Waals surface area contributed by atoms with Crippen LogP contribution in [0.15, 0.2) is 18.2 Å². The van der Waals surface area contributed by atoms with Crippen LogP contribution in [0.25, 0.3) is 0 Å². The van der Waals surface area contributed by atoms with Crippen LogP contribution in [-0.2, 0) is 6.54 Å². The Bertz CT molecular complexity index is 489. The van der Waals surface area contributed by atoms with Crippen molar-refractivity contribution in [3.05, 3.63) is 35.1 Å². The Kier molecular flexibility index (Phi) is 5.11. The number of thiocarbonyl (C=S) groups is 1. The lowest BCUT2D eigenvalue weighted by atomic mass is 9.85. The van der Waals surface area contributed by atoms with E-state index in [0.717, 1.165) is 18.0 Å². The molecule has 2 N–H and O–H groups in total. The van der Waals surface area contributed by atoms with Crippen LogP contribution in [-0.4, -0.2) is 23.0 Å². The van der Waals surface area contributed by atoms with Gasteiger partial charge in [0.25, 0.3) is 0 Å². The van der Waals surface area contributed by atoms with Crippen molar-refractivity contribution in [2.24, 2.45) is 11.7 Å². The van der Waals surface area contributed by atoms with E-state index in [2.05, 4.69) is 18.9 Å². The van der Waals surface area contributed by atoms with Crippen LogP contribution in [0.2, 0.25) is 0 Å². The number of rotatable bonds is 4. The van der Waals surface area contributed by atoms with Gasteiger partial charge in [-0.15, -0.1) is 0 Å². The van der Waals surface area contributed by atoms with Crippen molar-refractivity contribution in [2.75, 3.05) is 7.05 Å². The number of nitrogens with two attached hydrogens (primary N) is 1. The van der Waals surface area contributed by atoms with Gasteiger partial charge in [0.2, 0.25) is 0 Å². The van der Waals surface area contributed by atoms with Gasteiger partial charge in [0.05, 0.1) is 0 Å². The first-order chi connectivity index (χ1) is 9.49. The normalized spacial score (nSPS) is 23.0. The predicted molar refractivity (Wildman–Crippen MR) is 85.2 cm³/mol. The summed E-state index contributed by atoms with van der Waals surface area (Å²) in [5.74, 6) is 0.388. The largest absolute Gasteiger partial charge is 0.389 e. The summed E-state index contributed by atoms with van der Waals surface area (Å²) in [4.78, 5) is 2.50. The van der Waals surface area contributed by atoms with Crippen LogP contribution in [0.5, 0.6) is 0 Å². The number of nitrogens with zero attached hydrogens (tertiary/aromatic N) is 1. The van der Waals surface area contributed by atoms with Crippen LogP contribution in [0, 0.1) is 11.7 Å². The molecule has 0 amide bonds. The Morgan fingerprint density at radius 2 is 2.10 bits per heavy atom. The molecule has 0 saturated heterocycles. The van der Waals surface area contributed by atoms with Crippen LogP contribution in [0.4, 0.5) is 4.39 Å². The Balaban J connectivity index is 2.09. The molecule has 2 rings (SSSR count). The Morgan fingerprint density at radius 3 is 2.75 bits per heavy atom. The van der Waals surface area contributed by atoms with Crippen LogP contribution in [0.1, 0.15) is 43.7 Å². The minimum atomic E-state index is -0.338. The summed E-state index contributed by atoms with van der Waals surface area (Å²) < 4.78 is 13.6. The summed E-state index contributed by atoms with van der Waals surface area (Å²) >= 11 is 4.89. The predicted octanol–water partition coefficient (Wildman–Crippen LogP) is 3.47. The van der Waals surface area contributed by atoms with E-state index in [0.29, 0.717) is 11.6 Å². The zero-order valence-electron chi connectivity index (χ0n) is 12.2. The fourth-order valence-corrected chi connectivity index (χ4v) is 3.37. The smallest absolute Gasteiger partial charge is 0.133 e. The molecule has 1 saturated carbocycles.